The van der Waals surface area contributed by atoms with Crippen LogP contribution in [-0.4, -0.2) is 31.5 Å². The standard InChI is InChI=1S/C21H25N3O3/c1-15(21(26)22-14-16-5-11-19(27-2)12-6-16)23-17-7-9-18(10-8-17)24-13-3-4-20(24)25/h5-12,15,23H,3-4,13-14H2,1-2H3,(H,22,26)/t15-/m1/s1. The summed E-state index contributed by atoms with van der Waals surface area (Å²) < 4.78 is 5.13. The summed E-state index contributed by atoms with van der Waals surface area (Å²) in [7, 11) is 1.62. The normalized spacial score (nSPS) is 14.7. The molecule has 27 heavy (non-hydrogen) atoms. The number of anilines is 2. The van der Waals surface area contributed by atoms with Crippen LogP contribution >= 0.6 is 0 Å². The number of amides is 2. The topological polar surface area (TPSA) is 70.7 Å². The van der Waals surface area contributed by atoms with Crippen molar-refractivity contribution in [2.75, 3.05) is 23.9 Å². The molecule has 1 aliphatic rings. The average Bonchev–Trinajstić information content (AvgIpc) is 3.13. The van der Waals surface area contributed by atoms with Crippen LogP contribution in [0, 0.1) is 0 Å². The molecular weight excluding hydrogens is 342 g/mol. The van der Waals surface area contributed by atoms with Gasteiger partial charge in [-0.15, -0.1) is 0 Å². The number of carbonyl (C=O) groups is 2. The van der Waals surface area contributed by atoms with Crippen LogP contribution in [0.4, 0.5) is 11.4 Å². The molecule has 2 aromatic rings. The molecule has 2 aromatic carbocycles. The van der Waals surface area contributed by atoms with Crippen LogP contribution < -0.4 is 20.3 Å². The van der Waals surface area contributed by atoms with E-state index in [1.165, 1.54) is 0 Å². The van der Waals surface area contributed by atoms with Crippen LogP contribution in [0.15, 0.2) is 48.5 Å². The van der Waals surface area contributed by atoms with Crippen LogP contribution in [0.3, 0.4) is 0 Å². The molecule has 6 heteroatoms. The smallest absolute Gasteiger partial charge is 0.242 e. The first-order valence-electron chi connectivity index (χ1n) is 9.14. The Morgan fingerprint density at radius 1 is 1.15 bits per heavy atom. The van der Waals surface area contributed by atoms with Crippen molar-refractivity contribution in [3.8, 4) is 5.75 Å². The summed E-state index contributed by atoms with van der Waals surface area (Å²) in [5, 5.41) is 6.11. The van der Waals surface area contributed by atoms with Crippen molar-refractivity contribution < 1.29 is 14.3 Å². The van der Waals surface area contributed by atoms with Gasteiger partial charge in [-0.1, -0.05) is 12.1 Å². The van der Waals surface area contributed by atoms with Gasteiger partial charge in [-0.05, 0) is 55.3 Å². The van der Waals surface area contributed by atoms with E-state index in [1.807, 2.05) is 55.5 Å². The van der Waals surface area contributed by atoms with Gasteiger partial charge in [0.05, 0.1) is 7.11 Å². The van der Waals surface area contributed by atoms with Crippen molar-refractivity contribution in [1.29, 1.82) is 0 Å². The molecule has 1 fully saturated rings. The highest BCUT2D eigenvalue weighted by Crippen LogP contribution is 2.23. The summed E-state index contributed by atoms with van der Waals surface area (Å²) >= 11 is 0. The number of methoxy groups -OCH3 is 1. The molecule has 0 bridgehead atoms. The lowest BCUT2D eigenvalue weighted by Crippen LogP contribution is -2.37. The third-order valence-corrected chi connectivity index (χ3v) is 4.65. The molecule has 1 aliphatic heterocycles. The number of benzene rings is 2. The lowest BCUT2D eigenvalue weighted by molar-refractivity contribution is -0.121. The van der Waals surface area contributed by atoms with Gasteiger partial charge in [0.1, 0.15) is 11.8 Å². The Morgan fingerprint density at radius 2 is 1.85 bits per heavy atom. The van der Waals surface area contributed by atoms with Gasteiger partial charge in [0.25, 0.3) is 0 Å². The molecule has 0 aromatic heterocycles. The van der Waals surface area contributed by atoms with Crippen molar-refractivity contribution >= 4 is 23.2 Å². The Balaban J connectivity index is 1.50. The third kappa shape index (κ3) is 4.78. The first-order chi connectivity index (χ1) is 13.1. The maximum absolute atomic E-state index is 12.3. The van der Waals surface area contributed by atoms with E-state index >= 15 is 0 Å². The Morgan fingerprint density at radius 3 is 2.44 bits per heavy atom. The number of nitrogens with one attached hydrogen (secondary N) is 2. The van der Waals surface area contributed by atoms with E-state index in [4.69, 9.17) is 4.74 Å². The van der Waals surface area contributed by atoms with E-state index in [-0.39, 0.29) is 17.9 Å². The predicted octanol–water partition coefficient (Wildman–Crippen LogP) is 2.94. The Hall–Kier alpha value is -3.02. The summed E-state index contributed by atoms with van der Waals surface area (Å²) in [6, 6.07) is 14.8. The van der Waals surface area contributed by atoms with Crippen LogP contribution in [0.25, 0.3) is 0 Å². The third-order valence-electron chi connectivity index (χ3n) is 4.65. The summed E-state index contributed by atoms with van der Waals surface area (Å²) in [6.45, 7) is 3.06. The van der Waals surface area contributed by atoms with Crippen LogP contribution in [0.5, 0.6) is 5.75 Å². The van der Waals surface area contributed by atoms with Crippen LogP contribution in [0.2, 0.25) is 0 Å². The minimum Gasteiger partial charge on any atom is -0.497 e. The lowest BCUT2D eigenvalue weighted by atomic mass is 10.2. The summed E-state index contributed by atoms with van der Waals surface area (Å²) in [4.78, 5) is 25.9. The number of rotatable bonds is 7. The van der Waals surface area contributed by atoms with Gasteiger partial charge >= 0.3 is 0 Å². The molecule has 0 unspecified atom stereocenters. The molecule has 2 N–H and O–H groups in total. The number of nitrogens with zero attached hydrogens (tertiary/aromatic N) is 1. The SMILES string of the molecule is COc1ccc(CNC(=O)[C@@H](C)Nc2ccc(N3CCCC3=O)cc2)cc1. The molecular formula is C21H25N3O3. The number of hydrogen-bond donors (Lipinski definition) is 2. The van der Waals surface area contributed by atoms with Crippen molar-refractivity contribution in [2.24, 2.45) is 0 Å². The molecule has 6 nitrogen and oxygen atoms in total. The maximum atomic E-state index is 12.3. The molecule has 142 valence electrons. The lowest BCUT2D eigenvalue weighted by Gasteiger charge is -2.18. The zero-order chi connectivity index (χ0) is 19.2. The fourth-order valence-electron chi connectivity index (χ4n) is 3.06. The highest BCUT2D eigenvalue weighted by Gasteiger charge is 2.21. The quantitative estimate of drug-likeness (QED) is 0.789. The first-order valence-corrected chi connectivity index (χ1v) is 9.14. The Bertz CT molecular complexity index is 787. The molecule has 0 radical (unpaired) electrons. The van der Waals surface area contributed by atoms with Gasteiger partial charge < -0.3 is 20.3 Å². The zero-order valence-corrected chi connectivity index (χ0v) is 15.7. The van der Waals surface area contributed by atoms with Gasteiger partial charge in [-0.3, -0.25) is 9.59 Å². The molecule has 2 amide bonds. The largest absolute Gasteiger partial charge is 0.497 e. The zero-order valence-electron chi connectivity index (χ0n) is 15.7. The van der Waals surface area contributed by atoms with Gasteiger partial charge in [0.2, 0.25) is 11.8 Å². The molecule has 0 spiro atoms. The maximum Gasteiger partial charge on any atom is 0.242 e. The number of ether oxygens (including phenoxy) is 1. The van der Waals surface area contributed by atoms with E-state index < -0.39 is 0 Å². The fraction of sp³-hybridized carbons (Fsp3) is 0.333. The van der Waals surface area contributed by atoms with E-state index in [0.717, 1.165) is 35.7 Å². The first kappa shape index (κ1) is 18.8. The number of hydrogen-bond acceptors (Lipinski definition) is 4. The highest BCUT2D eigenvalue weighted by atomic mass is 16.5. The van der Waals surface area contributed by atoms with Crippen LogP contribution in [-0.2, 0) is 16.1 Å². The van der Waals surface area contributed by atoms with Gasteiger partial charge in [-0.25, -0.2) is 0 Å². The minimum atomic E-state index is -0.373. The van der Waals surface area contributed by atoms with Crippen molar-refractivity contribution in [3.63, 3.8) is 0 Å². The van der Waals surface area contributed by atoms with E-state index in [1.54, 1.807) is 12.0 Å². The second kappa shape index (κ2) is 8.58. The van der Waals surface area contributed by atoms with Crippen molar-refractivity contribution in [1.82, 2.24) is 5.32 Å². The van der Waals surface area contributed by atoms with Gasteiger partial charge in [-0.2, -0.15) is 0 Å². The van der Waals surface area contributed by atoms with E-state index in [2.05, 4.69) is 10.6 Å². The number of carbonyl (C=O) groups excluding carboxylic acids is 2. The van der Waals surface area contributed by atoms with Crippen molar-refractivity contribution in [2.45, 2.75) is 32.4 Å². The predicted molar refractivity (Wildman–Crippen MR) is 106 cm³/mol. The summed E-state index contributed by atoms with van der Waals surface area (Å²) in [5.74, 6) is 0.880. The van der Waals surface area contributed by atoms with Crippen LogP contribution in [0.1, 0.15) is 25.3 Å². The molecule has 3 rings (SSSR count). The average molecular weight is 367 g/mol. The summed E-state index contributed by atoms with van der Waals surface area (Å²) in [6.07, 6.45) is 1.52. The van der Waals surface area contributed by atoms with Crippen molar-refractivity contribution in [3.05, 3.63) is 54.1 Å². The molecule has 1 atom stereocenters. The van der Waals surface area contributed by atoms with E-state index in [9.17, 15) is 9.59 Å². The monoisotopic (exact) mass is 367 g/mol. The van der Waals surface area contributed by atoms with Gasteiger partial charge in [0.15, 0.2) is 0 Å². The van der Waals surface area contributed by atoms with Gasteiger partial charge in [0, 0.05) is 30.9 Å². The fourth-order valence-corrected chi connectivity index (χ4v) is 3.06. The second-order valence-electron chi connectivity index (χ2n) is 6.63. The summed E-state index contributed by atoms with van der Waals surface area (Å²) in [5.41, 5.74) is 2.76. The molecule has 0 saturated carbocycles. The highest BCUT2D eigenvalue weighted by molar-refractivity contribution is 5.95. The molecule has 1 heterocycles. The minimum absolute atomic E-state index is 0.0791. The molecule has 1 saturated heterocycles. The molecule has 0 aliphatic carbocycles. The second-order valence-corrected chi connectivity index (χ2v) is 6.63. The van der Waals surface area contributed by atoms with E-state index in [0.29, 0.717) is 13.0 Å². The Labute approximate surface area is 159 Å². The Kier molecular flexibility index (Phi) is 5.96.